The van der Waals surface area contributed by atoms with Crippen molar-refractivity contribution in [2.24, 2.45) is 5.73 Å². The third kappa shape index (κ3) is 2.40. The minimum atomic E-state index is 0.0661. The van der Waals surface area contributed by atoms with Crippen LogP contribution in [0.2, 0.25) is 0 Å². The highest BCUT2D eigenvalue weighted by Crippen LogP contribution is 2.16. The summed E-state index contributed by atoms with van der Waals surface area (Å²) in [6.45, 7) is 3.65. The Labute approximate surface area is 78.7 Å². The van der Waals surface area contributed by atoms with Gasteiger partial charge in [0.15, 0.2) is 0 Å². The van der Waals surface area contributed by atoms with Crippen LogP contribution >= 0.6 is 12.6 Å². The summed E-state index contributed by atoms with van der Waals surface area (Å²) < 4.78 is 0. The third-order valence-electron chi connectivity index (χ3n) is 1.74. The molecule has 1 aromatic carbocycles. The predicted octanol–water partition coefficient (Wildman–Crippen LogP) is 2.55. The van der Waals surface area contributed by atoms with Crippen LogP contribution in [0.3, 0.4) is 0 Å². The molecule has 1 aromatic rings. The zero-order chi connectivity index (χ0) is 8.97. The van der Waals surface area contributed by atoms with Crippen molar-refractivity contribution >= 4 is 12.6 Å². The van der Waals surface area contributed by atoms with Crippen LogP contribution in [-0.4, -0.2) is 0 Å². The van der Waals surface area contributed by atoms with Gasteiger partial charge in [0.05, 0.1) is 0 Å². The molecule has 0 amide bonds. The molecule has 0 heterocycles. The summed E-state index contributed by atoms with van der Waals surface area (Å²) in [7, 11) is 0. The van der Waals surface area contributed by atoms with Gasteiger partial charge in [0, 0.05) is 10.9 Å². The highest BCUT2D eigenvalue weighted by Gasteiger charge is 2.01. The Balaban J connectivity index is 2.74. The molecule has 0 saturated carbocycles. The van der Waals surface area contributed by atoms with Gasteiger partial charge in [-0.3, -0.25) is 0 Å². The van der Waals surface area contributed by atoms with Crippen LogP contribution in [0.4, 0.5) is 0 Å². The molecule has 0 fully saturated rings. The van der Waals surface area contributed by atoms with E-state index in [1.54, 1.807) is 0 Å². The van der Waals surface area contributed by atoms with Crippen molar-refractivity contribution in [1.29, 1.82) is 0 Å². The minimum Gasteiger partial charge on any atom is -0.324 e. The Hall–Kier alpha value is -0.730. The zero-order valence-electron chi connectivity index (χ0n) is 6.90. The molecule has 0 bridgehead atoms. The Morgan fingerprint density at radius 1 is 1.42 bits per heavy atom. The fraction of sp³-hybridized carbons (Fsp3) is 0.200. The van der Waals surface area contributed by atoms with Gasteiger partial charge in [-0.25, -0.2) is 0 Å². The lowest BCUT2D eigenvalue weighted by atomic mass is 10.1. The summed E-state index contributed by atoms with van der Waals surface area (Å²) in [5.41, 5.74) is 6.99. The van der Waals surface area contributed by atoms with Crippen LogP contribution in [-0.2, 0) is 0 Å². The van der Waals surface area contributed by atoms with Crippen LogP contribution in [0.5, 0.6) is 0 Å². The van der Waals surface area contributed by atoms with Crippen LogP contribution in [0, 0.1) is 0 Å². The van der Waals surface area contributed by atoms with Crippen LogP contribution in [0.25, 0.3) is 0 Å². The SMILES string of the molecule is C=CCC(N)c1ccc(S)cc1. The standard InChI is InChI=1S/C10H13NS/c1-2-3-10(11)8-4-6-9(12)7-5-8/h2,4-7,10,12H,1,3,11H2. The average Bonchev–Trinajstić information content (AvgIpc) is 2.06. The number of thiol groups is 1. The second kappa shape index (κ2) is 4.33. The molecule has 0 aliphatic heterocycles. The van der Waals surface area contributed by atoms with Gasteiger partial charge in [-0.1, -0.05) is 18.2 Å². The monoisotopic (exact) mass is 179 g/mol. The van der Waals surface area contributed by atoms with E-state index in [1.807, 2.05) is 30.3 Å². The Morgan fingerprint density at radius 2 is 2.00 bits per heavy atom. The van der Waals surface area contributed by atoms with E-state index in [-0.39, 0.29) is 6.04 Å². The Morgan fingerprint density at radius 3 is 2.50 bits per heavy atom. The van der Waals surface area contributed by atoms with Gasteiger partial charge in [0.1, 0.15) is 0 Å². The highest BCUT2D eigenvalue weighted by molar-refractivity contribution is 7.80. The van der Waals surface area contributed by atoms with E-state index >= 15 is 0 Å². The first-order chi connectivity index (χ1) is 5.74. The van der Waals surface area contributed by atoms with Crippen molar-refractivity contribution in [2.45, 2.75) is 17.4 Å². The lowest BCUT2D eigenvalue weighted by molar-refractivity contribution is 0.741. The van der Waals surface area contributed by atoms with Gasteiger partial charge in [-0.2, -0.15) is 0 Å². The molecule has 0 radical (unpaired) electrons. The fourth-order valence-corrected chi connectivity index (χ4v) is 1.19. The third-order valence-corrected chi connectivity index (χ3v) is 2.04. The molecule has 0 saturated heterocycles. The van der Waals surface area contributed by atoms with Gasteiger partial charge >= 0.3 is 0 Å². The normalized spacial score (nSPS) is 12.5. The second-order valence-electron chi connectivity index (χ2n) is 2.72. The van der Waals surface area contributed by atoms with Crippen LogP contribution in [0.15, 0.2) is 41.8 Å². The molecule has 0 aromatic heterocycles. The van der Waals surface area contributed by atoms with Crippen LogP contribution < -0.4 is 5.73 Å². The summed E-state index contributed by atoms with van der Waals surface area (Å²) in [6.07, 6.45) is 2.64. The number of hydrogen-bond acceptors (Lipinski definition) is 2. The molecular weight excluding hydrogens is 166 g/mol. The summed E-state index contributed by atoms with van der Waals surface area (Å²) in [5.74, 6) is 0. The zero-order valence-corrected chi connectivity index (χ0v) is 7.80. The summed E-state index contributed by atoms with van der Waals surface area (Å²) in [5, 5.41) is 0. The molecule has 12 heavy (non-hydrogen) atoms. The topological polar surface area (TPSA) is 26.0 Å². The van der Waals surface area contributed by atoms with E-state index in [0.717, 1.165) is 16.9 Å². The molecule has 0 spiro atoms. The summed E-state index contributed by atoms with van der Waals surface area (Å²) in [6, 6.07) is 7.95. The smallest absolute Gasteiger partial charge is 0.0329 e. The van der Waals surface area contributed by atoms with Gasteiger partial charge in [0.25, 0.3) is 0 Å². The predicted molar refractivity (Wildman–Crippen MR) is 55.4 cm³/mol. The van der Waals surface area contributed by atoms with E-state index in [1.165, 1.54) is 0 Å². The first kappa shape index (κ1) is 9.36. The Bertz CT molecular complexity index is 253. The number of benzene rings is 1. The average molecular weight is 179 g/mol. The molecule has 0 aliphatic rings. The molecule has 1 rings (SSSR count). The molecule has 2 N–H and O–H groups in total. The molecule has 2 heteroatoms. The molecule has 1 atom stereocenters. The number of rotatable bonds is 3. The van der Waals surface area contributed by atoms with Crippen molar-refractivity contribution in [1.82, 2.24) is 0 Å². The maximum Gasteiger partial charge on any atom is 0.0329 e. The molecular formula is C10H13NS. The molecule has 1 unspecified atom stereocenters. The quantitative estimate of drug-likeness (QED) is 0.541. The van der Waals surface area contributed by atoms with Crippen molar-refractivity contribution in [3.8, 4) is 0 Å². The van der Waals surface area contributed by atoms with Gasteiger partial charge in [0.2, 0.25) is 0 Å². The molecule has 64 valence electrons. The first-order valence-electron chi connectivity index (χ1n) is 3.89. The van der Waals surface area contributed by atoms with E-state index in [9.17, 15) is 0 Å². The molecule has 0 aliphatic carbocycles. The van der Waals surface area contributed by atoms with Gasteiger partial charge in [-0.05, 0) is 24.1 Å². The van der Waals surface area contributed by atoms with Crippen molar-refractivity contribution in [3.63, 3.8) is 0 Å². The second-order valence-corrected chi connectivity index (χ2v) is 3.24. The maximum absolute atomic E-state index is 5.86. The van der Waals surface area contributed by atoms with Gasteiger partial charge in [-0.15, -0.1) is 19.2 Å². The van der Waals surface area contributed by atoms with Gasteiger partial charge < -0.3 is 5.73 Å². The maximum atomic E-state index is 5.86. The Kier molecular flexibility index (Phi) is 3.38. The van der Waals surface area contributed by atoms with Crippen molar-refractivity contribution < 1.29 is 0 Å². The lowest BCUT2D eigenvalue weighted by Crippen LogP contribution is -2.08. The number of hydrogen-bond donors (Lipinski definition) is 2. The van der Waals surface area contributed by atoms with Crippen molar-refractivity contribution in [2.75, 3.05) is 0 Å². The highest BCUT2D eigenvalue weighted by atomic mass is 32.1. The minimum absolute atomic E-state index is 0.0661. The lowest BCUT2D eigenvalue weighted by Gasteiger charge is -2.08. The number of nitrogens with two attached hydrogens (primary N) is 1. The van der Waals surface area contributed by atoms with E-state index in [2.05, 4.69) is 19.2 Å². The van der Waals surface area contributed by atoms with E-state index < -0.39 is 0 Å². The fourth-order valence-electron chi connectivity index (χ4n) is 1.04. The van der Waals surface area contributed by atoms with Crippen molar-refractivity contribution in [3.05, 3.63) is 42.5 Å². The van der Waals surface area contributed by atoms with E-state index in [4.69, 9.17) is 5.73 Å². The summed E-state index contributed by atoms with van der Waals surface area (Å²) in [4.78, 5) is 0.963. The molecule has 1 nitrogen and oxygen atoms in total. The first-order valence-corrected chi connectivity index (χ1v) is 4.34. The largest absolute Gasteiger partial charge is 0.324 e. The van der Waals surface area contributed by atoms with Crippen LogP contribution in [0.1, 0.15) is 18.0 Å². The van der Waals surface area contributed by atoms with E-state index in [0.29, 0.717) is 0 Å². The summed E-state index contributed by atoms with van der Waals surface area (Å²) >= 11 is 4.19.